The van der Waals surface area contributed by atoms with Crippen LogP contribution in [0.25, 0.3) is 0 Å². The van der Waals surface area contributed by atoms with Crippen LogP contribution in [0.2, 0.25) is 0 Å². The Balaban J connectivity index is 1.59. The molecule has 2 amide bonds. The molecule has 0 saturated carbocycles. The van der Waals surface area contributed by atoms with Crippen molar-refractivity contribution < 1.29 is 4.79 Å². The highest BCUT2D eigenvalue weighted by atomic mass is 16.2. The largest absolute Gasteiger partial charge is 0.352 e. The number of carbonyl (C=O) groups excluding carboxylic acids is 1. The highest BCUT2D eigenvalue weighted by Gasteiger charge is 2.24. The van der Waals surface area contributed by atoms with Crippen LogP contribution in [0.15, 0.2) is 42.6 Å². The summed E-state index contributed by atoms with van der Waals surface area (Å²) in [6, 6.07) is 13.7. The first kappa shape index (κ1) is 17.7. The van der Waals surface area contributed by atoms with E-state index < -0.39 is 0 Å². The Kier molecular flexibility index (Phi) is 5.37. The minimum atomic E-state index is -0.0538. The predicted octanol–water partition coefficient (Wildman–Crippen LogP) is 2.85. The van der Waals surface area contributed by atoms with E-state index in [2.05, 4.69) is 34.3 Å². The number of urea groups is 1. The number of aromatic nitrogens is 1. The number of piperazine rings is 1. The number of amides is 2. The molecule has 1 aliphatic rings. The zero-order valence-electron chi connectivity index (χ0n) is 15.1. The van der Waals surface area contributed by atoms with E-state index in [0.29, 0.717) is 37.6 Å². The van der Waals surface area contributed by atoms with E-state index in [4.69, 9.17) is 0 Å². The fourth-order valence-corrected chi connectivity index (χ4v) is 3.28. The van der Waals surface area contributed by atoms with Gasteiger partial charge in [0.05, 0.1) is 11.6 Å². The van der Waals surface area contributed by atoms with E-state index in [1.165, 1.54) is 5.56 Å². The standard InChI is InChI=1S/C20H23N5O/c1-15-6-3-4-8-18(15)16(2)23-20(26)25-12-10-24(11-13-25)19-17(14-21)7-5-9-22-19/h3-9,16H,10-13H2,1-2H3,(H,23,26). The van der Waals surface area contributed by atoms with Gasteiger partial charge in [-0.05, 0) is 37.1 Å². The lowest BCUT2D eigenvalue weighted by atomic mass is 10.0. The van der Waals surface area contributed by atoms with Crippen molar-refractivity contribution >= 4 is 11.8 Å². The zero-order valence-corrected chi connectivity index (χ0v) is 15.1. The SMILES string of the molecule is Cc1ccccc1C(C)NC(=O)N1CCN(c2ncccc2C#N)CC1. The van der Waals surface area contributed by atoms with Crippen molar-refractivity contribution in [2.45, 2.75) is 19.9 Å². The first-order valence-electron chi connectivity index (χ1n) is 8.81. The molecule has 0 bridgehead atoms. The minimum absolute atomic E-state index is 0.0392. The number of rotatable bonds is 3. The van der Waals surface area contributed by atoms with Gasteiger partial charge in [0.2, 0.25) is 0 Å². The molecule has 0 spiro atoms. The lowest BCUT2D eigenvalue weighted by molar-refractivity contribution is 0.191. The second-order valence-electron chi connectivity index (χ2n) is 6.49. The van der Waals surface area contributed by atoms with Crippen LogP contribution in [0.3, 0.4) is 0 Å². The maximum absolute atomic E-state index is 12.6. The maximum Gasteiger partial charge on any atom is 0.317 e. The topological polar surface area (TPSA) is 72.3 Å². The van der Waals surface area contributed by atoms with Crippen LogP contribution in [0.1, 0.15) is 29.7 Å². The fraction of sp³-hybridized carbons (Fsp3) is 0.350. The summed E-state index contributed by atoms with van der Waals surface area (Å²) in [5, 5.41) is 12.3. The van der Waals surface area contributed by atoms with Crippen LogP contribution >= 0.6 is 0 Å². The summed E-state index contributed by atoms with van der Waals surface area (Å²) in [5.41, 5.74) is 2.87. The molecule has 6 nitrogen and oxygen atoms in total. The molecule has 6 heteroatoms. The summed E-state index contributed by atoms with van der Waals surface area (Å²) in [4.78, 5) is 20.8. The minimum Gasteiger partial charge on any atom is -0.352 e. The number of nitriles is 1. The number of pyridine rings is 1. The highest BCUT2D eigenvalue weighted by molar-refractivity contribution is 5.75. The number of nitrogens with one attached hydrogen (secondary N) is 1. The van der Waals surface area contributed by atoms with Crippen molar-refractivity contribution in [3.05, 3.63) is 59.3 Å². The second-order valence-corrected chi connectivity index (χ2v) is 6.49. The molecule has 1 atom stereocenters. The molecule has 1 unspecified atom stereocenters. The quantitative estimate of drug-likeness (QED) is 0.925. The smallest absolute Gasteiger partial charge is 0.317 e. The molecule has 1 aromatic heterocycles. The Morgan fingerprint density at radius 2 is 1.92 bits per heavy atom. The van der Waals surface area contributed by atoms with Gasteiger partial charge in [-0.15, -0.1) is 0 Å². The molecule has 2 heterocycles. The summed E-state index contributed by atoms with van der Waals surface area (Å²) >= 11 is 0. The molecule has 0 radical (unpaired) electrons. The predicted molar refractivity (Wildman–Crippen MR) is 101 cm³/mol. The number of nitrogens with zero attached hydrogens (tertiary/aromatic N) is 4. The average molecular weight is 349 g/mol. The number of carbonyl (C=O) groups is 1. The number of aryl methyl sites for hydroxylation is 1. The van der Waals surface area contributed by atoms with E-state index >= 15 is 0 Å². The zero-order chi connectivity index (χ0) is 18.5. The van der Waals surface area contributed by atoms with Gasteiger partial charge >= 0.3 is 6.03 Å². The molecule has 1 saturated heterocycles. The number of benzene rings is 1. The average Bonchev–Trinajstić information content (AvgIpc) is 2.68. The highest BCUT2D eigenvalue weighted by Crippen LogP contribution is 2.19. The molecule has 0 aliphatic carbocycles. The van der Waals surface area contributed by atoms with E-state index in [0.717, 1.165) is 5.56 Å². The number of hydrogen-bond donors (Lipinski definition) is 1. The molecular weight excluding hydrogens is 326 g/mol. The summed E-state index contributed by atoms with van der Waals surface area (Å²) in [6.07, 6.45) is 1.69. The first-order valence-corrected chi connectivity index (χ1v) is 8.81. The first-order chi connectivity index (χ1) is 12.6. The second kappa shape index (κ2) is 7.87. The Bertz CT molecular complexity index is 821. The molecule has 1 N–H and O–H groups in total. The molecule has 3 rings (SSSR count). The van der Waals surface area contributed by atoms with Gasteiger partial charge in [-0.1, -0.05) is 24.3 Å². The van der Waals surface area contributed by atoms with E-state index in [9.17, 15) is 10.1 Å². The number of anilines is 1. The van der Waals surface area contributed by atoms with Crippen molar-refractivity contribution in [3.63, 3.8) is 0 Å². The lowest BCUT2D eigenvalue weighted by Gasteiger charge is -2.36. The Hall–Kier alpha value is -3.07. The van der Waals surface area contributed by atoms with Gasteiger partial charge in [-0.3, -0.25) is 0 Å². The van der Waals surface area contributed by atoms with E-state index in [-0.39, 0.29) is 12.1 Å². The van der Waals surface area contributed by atoms with Crippen LogP contribution in [-0.2, 0) is 0 Å². The van der Waals surface area contributed by atoms with E-state index in [1.807, 2.05) is 30.0 Å². The molecular formula is C20H23N5O. The molecule has 1 aromatic carbocycles. The molecule has 26 heavy (non-hydrogen) atoms. The third kappa shape index (κ3) is 3.77. The molecule has 2 aromatic rings. The van der Waals surface area contributed by atoms with Crippen LogP contribution < -0.4 is 10.2 Å². The summed E-state index contributed by atoms with van der Waals surface area (Å²) < 4.78 is 0. The van der Waals surface area contributed by atoms with Crippen molar-refractivity contribution in [2.24, 2.45) is 0 Å². The Morgan fingerprint density at radius 1 is 1.19 bits per heavy atom. The van der Waals surface area contributed by atoms with Gasteiger partial charge in [0.15, 0.2) is 0 Å². The molecule has 1 aliphatic heterocycles. The van der Waals surface area contributed by atoms with Crippen molar-refractivity contribution in [2.75, 3.05) is 31.1 Å². The lowest BCUT2D eigenvalue weighted by Crippen LogP contribution is -2.52. The fourth-order valence-electron chi connectivity index (χ4n) is 3.28. The van der Waals surface area contributed by atoms with Gasteiger partial charge in [-0.25, -0.2) is 9.78 Å². The van der Waals surface area contributed by atoms with E-state index in [1.54, 1.807) is 18.3 Å². The van der Waals surface area contributed by atoms with Crippen molar-refractivity contribution in [1.82, 2.24) is 15.2 Å². The van der Waals surface area contributed by atoms with Crippen molar-refractivity contribution in [3.8, 4) is 6.07 Å². The Morgan fingerprint density at radius 3 is 2.62 bits per heavy atom. The third-order valence-corrected chi connectivity index (χ3v) is 4.77. The van der Waals surface area contributed by atoms with Crippen LogP contribution in [0, 0.1) is 18.3 Å². The van der Waals surface area contributed by atoms with Gasteiger partial charge in [0, 0.05) is 32.4 Å². The van der Waals surface area contributed by atoms with Crippen LogP contribution in [0.4, 0.5) is 10.6 Å². The summed E-state index contributed by atoms with van der Waals surface area (Å²) in [6.45, 7) is 6.59. The summed E-state index contributed by atoms with van der Waals surface area (Å²) in [7, 11) is 0. The third-order valence-electron chi connectivity index (χ3n) is 4.77. The number of hydrogen-bond acceptors (Lipinski definition) is 4. The van der Waals surface area contributed by atoms with Gasteiger partial charge in [-0.2, -0.15) is 5.26 Å². The summed E-state index contributed by atoms with van der Waals surface area (Å²) in [5.74, 6) is 0.698. The van der Waals surface area contributed by atoms with Gasteiger partial charge in [0.1, 0.15) is 11.9 Å². The maximum atomic E-state index is 12.6. The van der Waals surface area contributed by atoms with Crippen LogP contribution in [-0.4, -0.2) is 42.1 Å². The normalized spacial score (nSPS) is 15.3. The Labute approximate surface area is 154 Å². The van der Waals surface area contributed by atoms with Gasteiger partial charge < -0.3 is 15.1 Å². The van der Waals surface area contributed by atoms with Crippen molar-refractivity contribution in [1.29, 1.82) is 5.26 Å². The molecule has 134 valence electrons. The monoisotopic (exact) mass is 349 g/mol. The van der Waals surface area contributed by atoms with Gasteiger partial charge in [0.25, 0.3) is 0 Å². The molecule has 1 fully saturated rings. The van der Waals surface area contributed by atoms with Crippen LogP contribution in [0.5, 0.6) is 0 Å².